The Labute approximate surface area is 86.9 Å². The minimum Gasteiger partial charge on any atom is -0.461 e. The van der Waals surface area contributed by atoms with Crippen LogP contribution in [0.15, 0.2) is 0 Å². The summed E-state index contributed by atoms with van der Waals surface area (Å²) in [4.78, 5) is 13.3. The molecule has 2 N–H and O–H groups in total. The standard InChI is InChI=1S/C7H7F3N2O2S/c1-2-14-5(13)3-4(7(8,9)10)15-6(11)12-3/h2H2,1H3,(H2,11,12). The number of esters is 1. The van der Waals surface area contributed by atoms with E-state index in [0.29, 0.717) is 0 Å². The van der Waals surface area contributed by atoms with Crippen molar-refractivity contribution in [2.24, 2.45) is 0 Å². The molecule has 4 nitrogen and oxygen atoms in total. The molecule has 0 atom stereocenters. The number of ether oxygens (including phenoxy) is 1. The average molecular weight is 240 g/mol. The van der Waals surface area contributed by atoms with Gasteiger partial charge in [0.25, 0.3) is 0 Å². The zero-order valence-corrected chi connectivity index (χ0v) is 8.41. The van der Waals surface area contributed by atoms with Crippen molar-refractivity contribution in [3.63, 3.8) is 0 Å². The molecule has 0 spiro atoms. The first-order valence-corrected chi connectivity index (χ1v) is 4.68. The zero-order valence-electron chi connectivity index (χ0n) is 7.59. The molecule has 1 heterocycles. The van der Waals surface area contributed by atoms with Gasteiger partial charge in [0, 0.05) is 0 Å². The first-order valence-electron chi connectivity index (χ1n) is 3.87. The fourth-order valence-electron chi connectivity index (χ4n) is 0.867. The van der Waals surface area contributed by atoms with Gasteiger partial charge in [-0.05, 0) is 6.92 Å². The maximum Gasteiger partial charge on any atom is 0.428 e. The number of nitrogens with two attached hydrogens (primary N) is 1. The third-order valence-corrected chi connectivity index (χ3v) is 2.30. The maximum atomic E-state index is 12.4. The molecule has 0 fully saturated rings. The van der Waals surface area contributed by atoms with Gasteiger partial charge in [-0.3, -0.25) is 0 Å². The average Bonchev–Trinajstić information content (AvgIpc) is 2.47. The molecule has 0 unspecified atom stereocenters. The second-order valence-electron chi connectivity index (χ2n) is 2.45. The number of aromatic nitrogens is 1. The minimum atomic E-state index is -4.64. The zero-order chi connectivity index (χ0) is 11.6. The summed E-state index contributed by atoms with van der Waals surface area (Å²) in [6.45, 7) is 1.47. The largest absolute Gasteiger partial charge is 0.461 e. The molecule has 0 bridgehead atoms. The summed E-state index contributed by atoms with van der Waals surface area (Å²) >= 11 is 0.216. The van der Waals surface area contributed by atoms with E-state index in [1.54, 1.807) is 0 Å². The molecule has 0 saturated carbocycles. The summed E-state index contributed by atoms with van der Waals surface area (Å²) in [6, 6.07) is 0. The quantitative estimate of drug-likeness (QED) is 0.802. The van der Waals surface area contributed by atoms with Gasteiger partial charge in [0.2, 0.25) is 0 Å². The monoisotopic (exact) mass is 240 g/mol. The van der Waals surface area contributed by atoms with Gasteiger partial charge in [-0.25, -0.2) is 9.78 Å². The maximum absolute atomic E-state index is 12.4. The van der Waals surface area contributed by atoms with Gasteiger partial charge in [0.1, 0.15) is 4.88 Å². The molecule has 1 rings (SSSR count). The third-order valence-electron chi connectivity index (χ3n) is 1.37. The number of carbonyl (C=O) groups is 1. The van der Waals surface area contributed by atoms with Crippen LogP contribution in [-0.2, 0) is 10.9 Å². The molecule has 0 radical (unpaired) electrons. The number of alkyl halides is 3. The summed E-state index contributed by atoms with van der Waals surface area (Å²) in [5.41, 5.74) is 4.34. The molecule has 84 valence electrons. The third kappa shape index (κ3) is 2.58. The second kappa shape index (κ2) is 4.05. The molecule has 8 heteroatoms. The molecule has 0 amide bonds. The molecule has 0 aliphatic rings. The Morgan fingerprint density at radius 2 is 2.20 bits per heavy atom. The fraction of sp³-hybridized carbons (Fsp3) is 0.429. The van der Waals surface area contributed by atoms with E-state index in [9.17, 15) is 18.0 Å². The molecule has 1 aromatic heterocycles. The first kappa shape index (κ1) is 11.8. The molecular weight excluding hydrogens is 233 g/mol. The Hall–Kier alpha value is -1.31. The van der Waals surface area contributed by atoms with Crippen LogP contribution in [0.5, 0.6) is 0 Å². The number of carbonyl (C=O) groups excluding carboxylic acids is 1. The van der Waals surface area contributed by atoms with Gasteiger partial charge in [-0.1, -0.05) is 11.3 Å². The van der Waals surface area contributed by atoms with Gasteiger partial charge in [0.05, 0.1) is 6.61 Å². The highest BCUT2D eigenvalue weighted by Gasteiger charge is 2.39. The SMILES string of the molecule is CCOC(=O)c1nc(N)sc1C(F)(F)F. The summed E-state index contributed by atoms with van der Waals surface area (Å²) in [5, 5.41) is -0.314. The number of hydrogen-bond acceptors (Lipinski definition) is 5. The Bertz CT molecular complexity index is 375. The van der Waals surface area contributed by atoms with Crippen LogP contribution in [0, 0.1) is 0 Å². The number of rotatable bonds is 2. The van der Waals surface area contributed by atoms with Gasteiger partial charge in [0.15, 0.2) is 10.8 Å². The van der Waals surface area contributed by atoms with Gasteiger partial charge >= 0.3 is 12.1 Å². The van der Waals surface area contributed by atoms with Crippen LogP contribution in [0.3, 0.4) is 0 Å². The summed E-state index contributed by atoms with van der Waals surface area (Å²) in [7, 11) is 0. The van der Waals surface area contributed by atoms with Crippen molar-refractivity contribution in [3.8, 4) is 0 Å². The number of halogens is 3. The van der Waals surface area contributed by atoms with Crippen molar-refractivity contribution in [2.75, 3.05) is 12.3 Å². The van der Waals surface area contributed by atoms with Crippen molar-refractivity contribution in [1.82, 2.24) is 4.98 Å². The molecule has 15 heavy (non-hydrogen) atoms. The molecule has 1 aromatic rings. The number of nitrogens with zero attached hydrogens (tertiary/aromatic N) is 1. The van der Waals surface area contributed by atoms with E-state index in [-0.39, 0.29) is 23.1 Å². The molecule has 0 saturated heterocycles. The smallest absolute Gasteiger partial charge is 0.428 e. The van der Waals surface area contributed by atoms with Crippen LogP contribution in [0.4, 0.5) is 18.3 Å². The number of hydrogen-bond donors (Lipinski definition) is 1. The highest BCUT2D eigenvalue weighted by molar-refractivity contribution is 7.15. The van der Waals surface area contributed by atoms with Crippen molar-refractivity contribution >= 4 is 22.4 Å². The van der Waals surface area contributed by atoms with E-state index in [0.717, 1.165) is 0 Å². The van der Waals surface area contributed by atoms with E-state index in [1.165, 1.54) is 6.92 Å². The van der Waals surface area contributed by atoms with Crippen LogP contribution in [0.1, 0.15) is 22.3 Å². The normalized spacial score (nSPS) is 11.5. The van der Waals surface area contributed by atoms with E-state index in [4.69, 9.17) is 5.73 Å². The lowest BCUT2D eigenvalue weighted by Crippen LogP contribution is -2.13. The van der Waals surface area contributed by atoms with Gasteiger partial charge < -0.3 is 10.5 Å². The van der Waals surface area contributed by atoms with Crippen LogP contribution in [0.2, 0.25) is 0 Å². The molecule has 0 aliphatic heterocycles. The van der Waals surface area contributed by atoms with Crippen LogP contribution < -0.4 is 5.73 Å². The Balaban J connectivity index is 3.12. The predicted octanol–water partition coefficient (Wildman–Crippen LogP) is 1.92. The molecule has 0 aliphatic carbocycles. The van der Waals surface area contributed by atoms with Crippen molar-refractivity contribution < 1.29 is 22.7 Å². The summed E-state index contributed by atoms with van der Waals surface area (Å²) in [6.07, 6.45) is -4.64. The lowest BCUT2D eigenvalue weighted by atomic mass is 10.3. The Morgan fingerprint density at radius 1 is 1.60 bits per heavy atom. The first-order chi connectivity index (χ1) is 6.86. The van der Waals surface area contributed by atoms with E-state index in [1.807, 2.05) is 0 Å². The van der Waals surface area contributed by atoms with Crippen LogP contribution in [0.25, 0.3) is 0 Å². The Kier molecular flexibility index (Phi) is 3.18. The Morgan fingerprint density at radius 3 is 2.67 bits per heavy atom. The number of thiazole rings is 1. The number of nitrogen functional groups attached to an aromatic ring is 1. The van der Waals surface area contributed by atoms with E-state index >= 15 is 0 Å². The molecule has 0 aromatic carbocycles. The number of anilines is 1. The van der Waals surface area contributed by atoms with Crippen LogP contribution in [-0.4, -0.2) is 17.6 Å². The topological polar surface area (TPSA) is 65.2 Å². The predicted molar refractivity (Wildman–Crippen MR) is 47.5 cm³/mol. The fourth-order valence-corrected chi connectivity index (χ4v) is 1.55. The summed E-state index contributed by atoms with van der Waals surface area (Å²) < 4.78 is 41.5. The van der Waals surface area contributed by atoms with E-state index in [2.05, 4.69) is 9.72 Å². The highest BCUT2D eigenvalue weighted by atomic mass is 32.1. The summed E-state index contributed by atoms with van der Waals surface area (Å²) in [5.74, 6) is -1.11. The lowest BCUT2D eigenvalue weighted by Gasteiger charge is -2.04. The van der Waals surface area contributed by atoms with Crippen molar-refractivity contribution in [2.45, 2.75) is 13.1 Å². The van der Waals surface area contributed by atoms with Crippen molar-refractivity contribution in [1.29, 1.82) is 0 Å². The van der Waals surface area contributed by atoms with E-state index < -0.39 is 22.7 Å². The second-order valence-corrected chi connectivity index (χ2v) is 3.48. The van der Waals surface area contributed by atoms with Crippen molar-refractivity contribution in [3.05, 3.63) is 10.6 Å². The minimum absolute atomic E-state index is 0.0203. The lowest BCUT2D eigenvalue weighted by molar-refractivity contribution is -0.135. The van der Waals surface area contributed by atoms with Gasteiger partial charge in [-0.2, -0.15) is 13.2 Å². The van der Waals surface area contributed by atoms with Crippen LogP contribution >= 0.6 is 11.3 Å². The van der Waals surface area contributed by atoms with Gasteiger partial charge in [-0.15, -0.1) is 0 Å². The molecular formula is C7H7F3N2O2S. The highest BCUT2D eigenvalue weighted by Crippen LogP contribution is 2.37.